The van der Waals surface area contributed by atoms with Crippen molar-refractivity contribution in [2.24, 2.45) is 0 Å². The van der Waals surface area contributed by atoms with Crippen molar-refractivity contribution in [2.45, 2.75) is 11.5 Å². The highest BCUT2D eigenvalue weighted by Gasteiger charge is 2.05. The van der Waals surface area contributed by atoms with E-state index in [4.69, 9.17) is 14.0 Å². The van der Waals surface area contributed by atoms with Gasteiger partial charge in [-0.2, -0.15) is 0 Å². The van der Waals surface area contributed by atoms with E-state index < -0.39 is 11.1 Å². The molecule has 1 N–H and O–H groups in total. The number of benzene rings is 2. The van der Waals surface area contributed by atoms with E-state index in [1.54, 1.807) is 25.3 Å². The molecule has 106 valence electrons. The van der Waals surface area contributed by atoms with Crippen molar-refractivity contribution in [1.82, 2.24) is 0 Å². The minimum absolute atomic E-state index is 0.295. The van der Waals surface area contributed by atoms with E-state index in [1.165, 1.54) is 0 Å². The van der Waals surface area contributed by atoms with Gasteiger partial charge in [-0.15, -0.1) is 0 Å². The van der Waals surface area contributed by atoms with Gasteiger partial charge in [0.15, 0.2) is 11.1 Å². The minimum Gasteiger partial charge on any atom is -0.497 e. The molecule has 2 rings (SSSR count). The standard InChI is InChI=1S/C14H13BrO4S/c1-18-12-4-2-10(3-5-12)9-19-13-6-11(15)7-14(8-13)20(16)17/h2-8H,9H2,1H3,(H,16,17). The topological polar surface area (TPSA) is 55.8 Å². The van der Waals surface area contributed by atoms with Gasteiger partial charge in [0.05, 0.1) is 12.0 Å². The zero-order valence-corrected chi connectivity index (χ0v) is 13.1. The van der Waals surface area contributed by atoms with Crippen LogP contribution in [-0.4, -0.2) is 15.9 Å². The van der Waals surface area contributed by atoms with Gasteiger partial charge in [0.25, 0.3) is 0 Å². The summed E-state index contributed by atoms with van der Waals surface area (Å²) in [6, 6.07) is 12.4. The van der Waals surface area contributed by atoms with Crippen LogP contribution in [-0.2, 0) is 17.7 Å². The van der Waals surface area contributed by atoms with Gasteiger partial charge in [-0.3, -0.25) is 0 Å². The largest absolute Gasteiger partial charge is 0.497 e. The Morgan fingerprint density at radius 3 is 2.45 bits per heavy atom. The predicted molar refractivity (Wildman–Crippen MR) is 80.5 cm³/mol. The van der Waals surface area contributed by atoms with Crippen molar-refractivity contribution in [3.63, 3.8) is 0 Å². The van der Waals surface area contributed by atoms with Crippen LogP contribution in [0.25, 0.3) is 0 Å². The highest BCUT2D eigenvalue weighted by molar-refractivity contribution is 9.10. The maximum Gasteiger partial charge on any atom is 0.186 e. The van der Waals surface area contributed by atoms with Crippen LogP contribution in [0.5, 0.6) is 11.5 Å². The normalized spacial score (nSPS) is 11.9. The first kappa shape index (κ1) is 15.0. The lowest BCUT2D eigenvalue weighted by atomic mass is 10.2. The van der Waals surface area contributed by atoms with E-state index in [2.05, 4.69) is 15.9 Å². The third-order valence-electron chi connectivity index (χ3n) is 2.61. The van der Waals surface area contributed by atoms with Crippen LogP contribution in [0.15, 0.2) is 51.8 Å². The zero-order chi connectivity index (χ0) is 14.5. The van der Waals surface area contributed by atoms with Crippen LogP contribution >= 0.6 is 15.9 Å². The maximum atomic E-state index is 11.1. The number of hydrogen-bond donors (Lipinski definition) is 1. The van der Waals surface area contributed by atoms with Crippen LogP contribution in [0.2, 0.25) is 0 Å². The molecule has 0 aliphatic carbocycles. The van der Waals surface area contributed by atoms with Gasteiger partial charge >= 0.3 is 0 Å². The second kappa shape index (κ2) is 6.88. The number of ether oxygens (including phenoxy) is 2. The molecule has 4 nitrogen and oxygen atoms in total. The Morgan fingerprint density at radius 2 is 1.85 bits per heavy atom. The minimum atomic E-state index is -2.03. The average molecular weight is 357 g/mol. The Balaban J connectivity index is 2.08. The molecule has 2 aromatic carbocycles. The fourth-order valence-corrected chi connectivity index (χ4v) is 2.68. The molecule has 0 bridgehead atoms. The highest BCUT2D eigenvalue weighted by Crippen LogP contribution is 2.24. The van der Waals surface area contributed by atoms with Crippen molar-refractivity contribution >= 4 is 27.0 Å². The van der Waals surface area contributed by atoms with Gasteiger partial charge in [0.1, 0.15) is 18.1 Å². The quantitative estimate of drug-likeness (QED) is 0.831. The van der Waals surface area contributed by atoms with Gasteiger partial charge in [0.2, 0.25) is 0 Å². The molecule has 0 aliphatic rings. The van der Waals surface area contributed by atoms with Crippen LogP contribution in [0.1, 0.15) is 5.56 Å². The molecular weight excluding hydrogens is 344 g/mol. The summed E-state index contributed by atoms with van der Waals surface area (Å²) in [4.78, 5) is 0.295. The van der Waals surface area contributed by atoms with E-state index in [9.17, 15) is 4.21 Å². The summed E-state index contributed by atoms with van der Waals surface area (Å²) in [5.41, 5.74) is 0.984. The first-order valence-corrected chi connectivity index (χ1v) is 7.65. The second-order valence-corrected chi connectivity index (χ2v) is 5.89. The monoisotopic (exact) mass is 356 g/mol. The molecule has 0 saturated heterocycles. The number of hydrogen-bond acceptors (Lipinski definition) is 3. The molecule has 0 amide bonds. The van der Waals surface area contributed by atoms with Gasteiger partial charge in [-0.05, 0) is 35.9 Å². The lowest BCUT2D eigenvalue weighted by molar-refractivity contribution is 0.305. The van der Waals surface area contributed by atoms with E-state index in [0.717, 1.165) is 11.3 Å². The summed E-state index contributed by atoms with van der Waals surface area (Å²) in [5.74, 6) is 1.32. The molecule has 1 atom stereocenters. The van der Waals surface area contributed by atoms with Crippen molar-refractivity contribution in [3.8, 4) is 11.5 Å². The zero-order valence-electron chi connectivity index (χ0n) is 10.7. The maximum absolute atomic E-state index is 11.1. The lowest BCUT2D eigenvalue weighted by Gasteiger charge is -2.08. The molecule has 0 spiro atoms. The van der Waals surface area contributed by atoms with E-state index in [-0.39, 0.29) is 0 Å². The van der Waals surface area contributed by atoms with Gasteiger partial charge in [-0.1, -0.05) is 28.1 Å². The lowest BCUT2D eigenvalue weighted by Crippen LogP contribution is -1.97. The predicted octanol–water partition coefficient (Wildman–Crippen LogP) is 3.62. The number of methoxy groups -OCH3 is 1. The Bertz CT molecular complexity index is 613. The number of halogens is 1. The SMILES string of the molecule is COc1ccc(COc2cc(Br)cc(S(=O)O)c2)cc1. The van der Waals surface area contributed by atoms with Crippen LogP contribution in [0, 0.1) is 0 Å². The van der Waals surface area contributed by atoms with Crippen molar-refractivity contribution < 1.29 is 18.2 Å². The third-order valence-corrected chi connectivity index (χ3v) is 3.71. The van der Waals surface area contributed by atoms with Crippen LogP contribution in [0.4, 0.5) is 0 Å². The van der Waals surface area contributed by atoms with E-state index in [0.29, 0.717) is 21.7 Å². The molecule has 2 aromatic rings. The van der Waals surface area contributed by atoms with Crippen LogP contribution in [0.3, 0.4) is 0 Å². The first-order valence-electron chi connectivity index (χ1n) is 5.75. The smallest absolute Gasteiger partial charge is 0.186 e. The summed E-state index contributed by atoms with van der Waals surface area (Å²) in [5, 5.41) is 0. The molecule has 0 heterocycles. The molecule has 20 heavy (non-hydrogen) atoms. The Morgan fingerprint density at radius 1 is 1.15 bits per heavy atom. The fourth-order valence-electron chi connectivity index (χ4n) is 1.61. The van der Waals surface area contributed by atoms with Crippen LogP contribution < -0.4 is 9.47 Å². The molecule has 0 radical (unpaired) electrons. The fraction of sp³-hybridized carbons (Fsp3) is 0.143. The molecule has 6 heteroatoms. The molecule has 1 unspecified atom stereocenters. The molecule has 0 saturated carbocycles. The molecular formula is C14H13BrO4S. The van der Waals surface area contributed by atoms with E-state index in [1.807, 2.05) is 24.3 Å². The van der Waals surface area contributed by atoms with Gasteiger partial charge in [-0.25, -0.2) is 4.21 Å². The summed E-state index contributed by atoms with van der Waals surface area (Å²) in [6.45, 7) is 0.373. The Kier molecular flexibility index (Phi) is 5.17. The summed E-state index contributed by atoms with van der Waals surface area (Å²) in [7, 11) is 1.61. The van der Waals surface area contributed by atoms with Gasteiger partial charge < -0.3 is 14.0 Å². The van der Waals surface area contributed by atoms with Crippen molar-refractivity contribution in [3.05, 3.63) is 52.5 Å². The molecule has 0 fully saturated rings. The van der Waals surface area contributed by atoms with Crippen molar-refractivity contribution in [2.75, 3.05) is 7.11 Å². The second-order valence-electron chi connectivity index (χ2n) is 4.01. The number of rotatable bonds is 5. The average Bonchev–Trinajstić information content (AvgIpc) is 2.45. The highest BCUT2D eigenvalue weighted by atomic mass is 79.9. The third kappa shape index (κ3) is 4.06. The Hall–Kier alpha value is -1.37. The summed E-state index contributed by atoms with van der Waals surface area (Å²) in [6.07, 6.45) is 0. The summed E-state index contributed by atoms with van der Waals surface area (Å²) >= 11 is 1.26. The van der Waals surface area contributed by atoms with Crippen molar-refractivity contribution in [1.29, 1.82) is 0 Å². The first-order chi connectivity index (χ1) is 9.58. The molecule has 0 aromatic heterocycles. The van der Waals surface area contributed by atoms with E-state index >= 15 is 0 Å². The van der Waals surface area contributed by atoms with Gasteiger partial charge in [0, 0.05) is 4.47 Å². The molecule has 0 aliphatic heterocycles. The Labute approximate surface area is 128 Å². The summed E-state index contributed by atoms with van der Waals surface area (Å²) < 4.78 is 31.6.